The zero-order chi connectivity index (χ0) is 15.5. The Morgan fingerprint density at radius 1 is 0.913 bits per heavy atom. The van der Waals surface area contributed by atoms with Crippen LogP contribution in [-0.2, 0) is 0 Å². The minimum atomic E-state index is 0.960. The number of nitrogens with one attached hydrogen (secondary N) is 1. The largest absolute Gasteiger partial charge is 0.357 e. The van der Waals surface area contributed by atoms with E-state index in [-0.39, 0.29) is 0 Å². The second-order valence-corrected chi connectivity index (χ2v) is 5.86. The van der Waals surface area contributed by atoms with Crippen LogP contribution < -0.4 is 4.90 Å². The molecule has 0 radical (unpaired) electrons. The molecule has 5 heteroatoms. The molecule has 0 aliphatic carbocycles. The summed E-state index contributed by atoms with van der Waals surface area (Å²) in [7, 11) is 0. The first-order valence-electron chi connectivity index (χ1n) is 8.07. The van der Waals surface area contributed by atoms with E-state index in [1.165, 1.54) is 19.3 Å². The summed E-state index contributed by atoms with van der Waals surface area (Å²) in [4.78, 5) is 11.3. The summed E-state index contributed by atoms with van der Waals surface area (Å²) in [6.45, 7) is 2.18. The SMILES string of the molecule is c1cc(-c2cc(N3CCCCC3)ncn2)cc(-c2ccn[nH]2)c1. The van der Waals surface area contributed by atoms with E-state index in [1.54, 1.807) is 12.5 Å². The van der Waals surface area contributed by atoms with Gasteiger partial charge in [-0.2, -0.15) is 5.10 Å². The average Bonchev–Trinajstić information content (AvgIpc) is 3.18. The molecule has 2 aromatic heterocycles. The molecule has 1 fully saturated rings. The van der Waals surface area contributed by atoms with Crippen molar-refractivity contribution < 1.29 is 0 Å². The van der Waals surface area contributed by atoms with Gasteiger partial charge in [0.25, 0.3) is 0 Å². The summed E-state index contributed by atoms with van der Waals surface area (Å²) in [5.41, 5.74) is 4.18. The van der Waals surface area contributed by atoms with E-state index >= 15 is 0 Å². The van der Waals surface area contributed by atoms with Crippen molar-refractivity contribution in [3.63, 3.8) is 0 Å². The molecule has 116 valence electrons. The quantitative estimate of drug-likeness (QED) is 0.804. The highest BCUT2D eigenvalue weighted by Gasteiger charge is 2.13. The van der Waals surface area contributed by atoms with Gasteiger partial charge < -0.3 is 4.90 Å². The van der Waals surface area contributed by atoms with Crippen LogP contribution >= 0.6 is 0 Å². The van der Waals surface area contributed by atoms with Gasteiger partial charge in [0.05, 0.1) is 11.4 Å². The highest BCUT2D eigenvalue weighted by molar-refractivity contribution is 5.70. The Balaban J connectivity index is 1.66. The van der Waals surface area contributed by atoms with Crippen LogP contribution in [0.15, 0.2) is 48.9 Å². The molecular weight excluding hydrogens is 286 g/mol. The van der Waals surface area contributed by atoms with E-state index in [4.69, 9.17) is 0 Å². The number of rotatable bonds is 3. The molecule has 23 heavy (non-hydrogen) atoms. The van der Waals surface area contributed by atoms with Crippen molar-refractivity contribution in [2.24, 2.45) is 0 Å². The van der Waals surface area contributed by atoms with Crippen molar-refractivity contribution in [2.75, 3.05) is 18.0 Å². The van der Waals surface area contributed by atoms with E-state index in [2.05, 4.69) is 49.3 Å². The number of H-pyrrole nitrogens is 1. The topological polar surface area (TPSA) is 57.7 Å². The number of hydrogen-bond acceptors (Lipinski definition) is 4. The number of aromatic nitrogens is 4. The Kier molecular flexibility index (Phi) is 3.76. The Morgan fingerprint density at radius 3 is 2.61 bits per heavy atom. The highest BCUT2D eigenvalue weighted by Crippen LogP contribution is 2.26. The van der Waals surface area contributed by atoms with Gasteiger partial charge >= 0.3 is 0 Å². The molecule has 3 heterocycles. The van der Waals surface area contributed by atoms with E-state index in [1.807, 2.05) is 12.1 Å². The van der Waals surface area contributed by atoms with Crippen molar-refractivity contribution >= 4 is 5.82 Å². The maximum Gasteiger partial charge on any atom is 0.132 e. The maximum atomic E-state index is 4.46. The van der Waals surface area contributed by atoms with Gasteiger partial charge in [-0.25, -0.2) is 9.97 Å². The number of anilines is 1. The minimum Gasteiger partial charge on any atom is -0.357 e. The minimum absolute atomic E-state index is 0.960. The molecule has 5 nitrogen and oxygen atoms in total. The van der Waals surface area contributed by atoms with Crippen molar-refractivity contribution in [2.45, 2.75) is 19.3 Å². The van der Waals surface area contributed by atoms with Gasteiger partial charge in [-0.3, -0.25) is 5.10 Å². The first-order chi connectivity index (χ1) is 11.4. The molecule has 0 saturated carbocycles. The summed E-state index contributed by atoms with van der Waals surface area (Å²) in [6.07, 6.45) is 7.24. The average molecular weight is 305 g/mol. The van der Waals surface area contributed by atoms with Crippen molar-refractivity contribution in [1.29, 1.82) is 0 Å². The van der Waals surface area contributed by atoms with Crippen molar-refractivity contribution in [3.05, 3.63) is 48.9 Å². The fourth-order valence-corrected chi connectivity index (χ4v) is 3.06. The van der Waals surface area contributed by atoms with Crippen molar-refractivity contribution in [3.8, 4) is 22.5 Å². The van der Waals surface area contributed by atoms with Crippen LogP contribution in [-0.4, -0.2) is 33.3 Å². The Morgan fingerprint density at radius 2 is 1.78 bits per heavy atom. The zero-order valence-electron chi connectivity index (χ0n) is 12.9. The molecule has 0 atom stereocenters. The Bertz CT molecular complexity index is 776. The zero-order valence-corrected chi connectivity index (χ0v) is 12.9. The van der Waals surface area contributed by atoms with E-state index in [0.29, 0.717) is 0 Å². The fourth-order valence-electron chi connectivity index (χ4n) is 3.06. The van der Waals surface area contributed by atoms with Gasteiger partial charge in [0.2, 0.25) is 0 Å². The lowest BCUT2D eigenvalue weighted by Crippen LogP contribution is -2.30. The monoisotopic (exact) mass is 305 g/mol. The predicted molar refractivity (Wildman–Crippen MR) is 91.1 cm³/mol. The first-order valence-corrected chi connectivity index (χ1v) is 8.07. The lowest BCUT2D eigenvalue weighted by atomic mass is 10.1. The smallest absolute Gasteiger partial charge is 0.132 e. The lowest BCUT2D eigenvalue weighted by Gasteiger charge is -2.27. The summed E-state index contributed by atoms with van der Waals surface area (Å²) < 4.78 is 0. The molecule has 1 aliphatic rings. The fraction of sp³-hybridized carbons (Fsp3) is 0.278. The number of hydrogen-bond donors (Lipinski definition) is 1. The van der Waals surface area contributed by atoms with Crippen LogP contribution in [0.4, 0.5) is 5.82 Å². The molecule has 0 bridgehead atoms. The standard InChI is InChI=1S/C18H19N5/c1-2-9-23(10-3-1)18-12-17(19-13-20-18)15-6-4-5-14(11-15)16-7-8-21-22-16/h4-8,11-13H,1-3,9-10H2,(H,21,22). The third-order valence-electron chi connectivity index (χ3n) is 4.30. The van der Waals surface area contributed by atoms with Gasteiger partial charge in [-0.05, 0) is 31.4 Å². The van der Waals surface area contributed by atoms with Crippen LogP contribution in [0, 0.1) is 0 Å². The molecule has 4 rings (SSSR count). The van der Waals surface area contributed by atoms with Gasteiger partial charge in [-0.1, -0.05) is 18.2 Å². The number of benzene rings is 1. The van der Waals surface area contributed by atoms with Crippen LogP contribution in [0.25, 0.3) is 22.5 Å². The van der Waals surface area contributed by atoms with Crippen molar-refractivity contribution in [1.82, 2.24) is 20.2 Å². The number of nitrogens with zero attached hydrogens (tertiary/aromatic N) is 4. The highest BCUT2D eigenvalue weighted by atomic mass is 15.2. The first kappa shape index (κ1) is 13.9. The molecule has 1 N–H and O–H groups in total. The van der Waals surface area contributed by atoms with Gasteiger partial charge in [0, 0.05) is 36.5 Å². The van der Waals surface area contributed by atoms with Gasteiger partial charge in [-0.15, -0.1) is 0 Å². The van der Waals surface area contributed by atoms with E-state index in [9.17, 15) is 0 Å². The summed E-state index contributed by atoms with van der Waals surface area (Å²) >= 11 is 0. The predicted octanol–water partition coefficient (Wildman–Crippen LogP) is 3.52. The molecule has 3 aromatic rings. The van der Waals surface area contributed by atoms with E-state index < -0.39 is 0 Å². The van der Waals surface area contributed by atoms with Gasteiger partial charge in [0.15, 0.2) is 0 Å². The molecule has 0 unspecified atom stereocenters. The summed E-state index contributed by atoms with van der Waals surface area (Å²) in [6, 6.07) is 12.4. The van der Waals surface area contributed by atoms with Crippen LogP contribution in [0.3, 0.4) is 0 Å². The van der Waals surface area contributed by atoms with E-state index in [0.717, 1.165) is 41.4 Å². The van der Waals surface area contributed by atoms with Gasteiger partial charge in [0.1, 0.15) is 12.1 Å². The number of aromatic amines is 1. The molecular formula is C18H19N5. The summed E-state index contributed by atoms with van der Waals surface area (Å²) in [5.74, 6) is 1.03. The van der Waals surface area contributed by atoms with Crippen LogP contribution in [0.1, 0.15) is 19.3 Å². The lowest BCUT2D eigenvalue weighted by molar-refractivity contribution is 0.573. The molecule has 1 aromatic carbocycles. The molecule has 0 amide bonds. The summed E-state index contributed by atoms with van der Waals surface area (Å²) in [5, 5.41) is 7.02. The third kappa shape index (κ3) is 2.95. The second-order valence-electron chi connectivity index (χ2n) is 5.86. The maximum absolute atomic E-state index is 4.46. The Hall–Kier alpha value is -2.69. The Labute approximate surface area is 135 Å². The normalized spacial score (nSPS) is 14.9. The molecule has 0 spiro atoms. The van der Waals surface area contributed by atoms with Crippen LogP contribution in [0.2, 0.25) is 0 Å². The number of piperidine rings is 1. The molecule has 1 saturated heterocycles. The van der Waals surface area contributed by atoms with Crippen LogP contribution in [0.5, 0.6) is 0 Å². The second kappa shape index (κ2) is 6.20. The molecule has 1 aliphatic heterocycles. The third-order valence-corrected chi connectivity index (χ3v) is 4.30.